The van der Waals surface area contributed by atoms with E-state index in [-0.39, 0.29) is 34.9 Å². The molecule has 0 heterocycles. The zero-order valence-corrected chi connectivity index (χ0v) is 24.0. The Kier molecular flexibility index (Phi) is 13.1. The smallest absolute Gasteiger partial charge is 0.224 e. The Labute approximate surface area is 236 Å². The molecule has 214 valence electrons. The summed E-state index contributed by atoms with van der Waals surface area (Å²) >= 11 is 0. The molecule has 2 rings (SSSR count). The number of hydrogen-bond donors (Lipinski definition) is 2. The summed E-state index contributed by atoms with van der Waals surface area (Å²) in [5.41, 5.74) is 2.50. The summed E-state index contributed by atoms with van der Waals surface area (Å²) in [5.74, 6) is -0.937. The second-order valence-corrected chi connectivity index (χ2v) is 10.2. The topological polar surface area (TPSA) is 126 Å². The summed E-state index contributed by atoms with van der Waals surface area (Å²) in [5, 5.41) is 5.58. The van der Waals surface area contributed by atoms with E-state index in [1.165, 1.54) is 39.8 Å². The molecular weight excluding hydrogens is 508 g/mol. The van der Waals surface area contributed by atoms with E-state index in [4.69, 9.17) is 0 Å². The lowest BCUT2D eigenvalue weighted by atomic mass is 10.0. The van der Waals surface area contributed by atoms with E-state index in [0.29, 0.717) is 46.5 Å². The van der Waals surface area contributed by atoms with Crippen molar-refractivity contribution in [2.75, 3.05) is 10.6 Å². The lowest BCUT2D eigenvalue weighted by Crippen LogP contribution is -2.12. The zero-order chi connectivity index (χ0) is 29.7. The van der Waals surface area contributed by atoms with Crippen LogP contribution in [0.25, 0.3) is 0 Å². The van der Waals surface area contributed by atoms with Gasteiger partial charge in [0.15, 0.2) is 23.1 Å². The van der Waals surface area contributed by atoms with E-state index in [1.807, 2.05) is 0 Å². The SMILES string of the molecule is CC(=O)c1cc(NC(=O)CCCCCCCCCCC(=O)Nc2cc(C(C)=O)cc(C(C)=O)c2)cc(C(C)=O)c1. The van der Waals surface area contributed by atoms with Crippen molar-refractivity contribution < 1.29 is 28.8 Å². The molecule has 0 radical (unpaired) electrons. The predicted molar refractivity (Wildman–Crippen MR) is 156 cm³/mol. The van der Waals surface area contributed by atoms with Gasteiger partial charge in [-0.3, -0.25) is 28.8 Å². The van der Waals surface area contributed by atoms with E-state index < -0.39 is 0 Å². The van der Waals surface area contributed by atoms with Crippen LogP contribution in [0.3, 0.4) is 0 Å². The van der Waals surface area contributed by atoms with Crippen molar-refractivity contribution in [1.82, 2.24) is 0 Å². The molecule has 8 heteroatoms. The lowest BCUT2D eigenvalue weighted by molar-refractivity contribution is -0.117. The van der Waals surface area contributed by atoms with E-state index >= 15 is 0 Å². The third-order valence-electron chi connectivity index (χ3n) is 6.62. The van der Waals surface area contributed by atoms with E-state index in [2.05, 4.69) is 10.6 Å². The van der Waals surface area contributed by atoms with Crippen molar-refractivity contribution in [3.05, 3.63) is 58.7 Å². The van der Waals surface area contributed by atoms with Crippen LogP contribution in [0.15, 0.2) is 36.4 Å². The minimum absolute atomic E-state index is 0.140. The first-order chi connectivity index (χ1) is 19.0. The fourth-order valence-electron chi connectivity index (χ4n) is 4.29. The van der Waals surface area contributed by atoms with Crippen molar-refractivity contribution in [1.29, 1.82) is 0 Å². The van der Waals surface area contributed by atoms with Gasteiger partial charge in [0, 0.05) is 46.5 Å². The molecule has 0 aliphatic rings. The highest BCUT2D eigenvalue weighted by molar-refractivity contribution is 6.03. The van der Waals surface area contributed by atoms with Crippen LogP contribution >= 0.6 is 0 Å². The molecule has 0 saturated carbocycles. The Morgan fingerprint density at radius 1 is 0.425 bits per heavy atom. The van der Waals surface area contributed by atoms with Gasteiger partial charge in [-0.2, -0.15) is 0 Å². The standard InChI is InChI=1S/C32H40N2O6/c1-21(35)25-15-26(22(2)36)18-29(17-25)33-31(39)13-11-9-7-5-6-8-10-12-14-32(40)34-30-19-27(23(3)37)16-28(20-30)24(4)38/h15-20H,5-14H2,1-4H3,(H,33,39)(H,34,40). The minimum Gasteiger partial charge on any atom is -0.326 e. The van der Waals surface area contributed by atoms with Gasteiger partial charge in [0.2, 0.25) is 11.8 Å². The average Bonchev–Trinajstić information content (AvgIpc) is 2.89. The third kappa shape index (κ3) is 11.4. The van der Waals surface area contributed by atoms with Crippen molar-refractivity contribution in [3.8, 4) is 0 Å². The Bertz CT molecular complexity index is 1100. The van der Waals surface area contributed by atoms with Crippen molar-refractivity contribution in [3.63, 3.8) is 0 Å². The monoisotopic (exact) mass is 548 g/mol. The average molecular weight is 549 g/mol. The molecule has 0 saturated heterocycles. The number of nitrogens with one attached hydrogen (secondary N) is 2. The molecular formula is C32H40N2O6. The van der Waals surface area contributed by atoms with Gasteiger partial charge in [0.05, 0.1) is 0 Å². The van der Waals surface area contributed by atoms with Gasteiger partial charge >= 0.3 is 0 Å². The number of rotatable bonds is 17. The van der Waals surface area contributed by atoms with E-state index in [1.54, 1.807) is 24.3 Å². The van der Waals surface area contributed by atoms with Crippen molar-refractivity contribution in [2.24, 2.45) is 0 Å². The number of carbonyl (C=O) groups is 6. The molecule has 0 bridgehead atoms. The number of amides is 2. The highest BCUT2D eigenvalue weighted by Crippen LogP contribution is 2.19. The molecule has 0 aliphatic heterocycles. The molecule has 0 aromatic heterocycles. The summed E-state index contributed by atoms with van der Waals surface area (Å²) in [6.45, 7) is 5.69. The Hall–Kier alpha value is -3.94. The van der Waals surface area contributed by atoms with Crippen molar-refractivity contribution in [2.45, 2.75) is 91.9 Å². The Balaban J connectivity index is 1.59. The maximum Gasteiger partial charge on any atom is 0.224 e. The number of ketones is 4. The van der Waals surface area contributed by atoms with Crippen LogP contribution in [0.4, 0.5) is 11.4 Å². The highest BCUT2D eigenvalue weighted by Gasteiger charge is 2.11. The number of Topliss-reactive ketones (excluding diaryl/α,β-unsaturated/α-hetero) is 4. The van der Waals surface area contributed by atoms with Crippen molar-refractivity contribution >= 4 is 46.3 Å². The van der Waals surface area contributed by atoms with Crippen LogP contribution in [0.1, 0.15) is 133 Å². The first-order valence-electron chi connectivity index (χ1n) is 13.9. The molecule has 0 atom stereocenters. The summed E-state index contributed by atoms with van der Waals surface area (Å²) in [4.78, 5) is 71.4. The highest BCUT2D eigenvalue weighted by atomic mass is 16.2. The summed E-state index contributed by atoms with van der Waals surface area (Å²) in [6, 6.07) is 9.44. The zero-order valence-electron chi connectivity index (χ0n) is 24.0. The van der Waals surface area contributed by atoms with E-state index in [9.17, 15) is 28.8 Å². The van der Waals surface area contributed by atoms with Crippen LogP contribution in [0, 0.1) is 0 Å². The molecule has 40 heavy (non-hydrogen) atoms. The quantitative estimate of drug-likeness (QED) is 0.162. The molecule has 8 nitrogen and oxygen atoms in total. The van der Waals surface area contributed by atoms with Crippen LogP contribution < -0.4 is 10.6 Å². The minimum atomic E-state index is -0.164. The van der Waals surface area contributed by atoms with E-state index in [0.717, 1.165) is 51.4 Å². The summed E-state index contributed by atoms with van der Waals surface area (Å²) in [7, 11) is 0. The van der Waals surface area contributed by atoms with Gasteiger partial charge in [0.1, 0.15) is 0 Å². The fourth-order valence-corrected chi connectivity index (χ4v) is 4.29. The van der Waals surface area contributed by atoms with Crippen LogP contribution in [0.5, 0.6) is 0 Å². The Morgan fingerprint density at radius 3 is 0.925 bits per heavy atom. The summed E-state index contributed by atoms with van der Waals surface area (Å²) in [6.07, 6.45) is 8.29. The molecule has 2 aromatic carbocycles. The molecule has 0 fully saturated rings. The Morgan fingerprint density at radius 2 is 0.675 bits per heavy atom. The fraction of sp³-hybridized carbons (Fsp3) is 0.438. The molecule has 0 aliphatic carbocycles. The third-order valence-corrected chi connectivity index (χ3v) is 6.62. The van der Waals surface area contributed by atoms with Gasteiger partial charge < -0.3 is 10.6 Å². The second-order valence-electron chi connectivity index (χ2n) is 10.2. The molecule has 2 amide bonds. The van der Waals surface area contributed by atoms with Gasteiger partial charge in [-0.1, -0.05) is 38.5 Å². The largest absolute Gasteiger partial charge is 0.326 e. The van der Waals surface area contributed by atoms with Crippen LogP contribution in [-0.4, -0.2) is 34.9 Å². The molecule has 0 unspecified atom stereocenters. The maximum atomic E-state index is 12.3. The number of benzene rings is 2. The summed E-state index contributed by atoms with van der Waals surface area (Å²) < 4.78 is 0. The van der Waals surface area contributed by atoms with Gasteiger partial charge in [0.25, 0.3) is 0 Å². The number of hydrogen-bond acceptors (Lipinski definition) is 6. The first kappa shape index (κ1) is 32.3. The van der Waals surface area contributed by atoms with Gasteiger partial charge in [-0.15, -0.1) is 0 Å². The first-order valence-corrected chi connectivity index (χ1v) is 13.9. The van der Waals surface area contributed by atoms with Crippen LogP contribution in [-0.2, 0) is 9.59 Å². The number of anilines is 2. The maximum absolute atomic E-state index is 12.3. The normalized spacial score (nSPS) is 10.6. The molecule has 2 aromatic rings. The molecule has 0 spiro atoms. The van der Waals surface area contributed by atoms with Gasteiger partial charge in [-0.25, -0.2) is 0 Å². The number of unbranched alkanes of at least 4 members (excludes halogenated alkanes) is 7. The van der Waals surface area contributed by atoms with Crippen LogP contribution in [0.2, 0.25) is 0 Å². The van der Waals surface area contributed by atoms with Gasteiger partial charge in [-0.05, 0) is 76.9 Å². The predicted octanol–water partition coefficient (Wildman–Crippen LogP) is 6.98. The second kappa shape index (κ2) is 16.2. The number of carbonyl (C=O) groups excluding carboxylic acids is 6. The molecule has 2 N–H and O–H groups in total. The lowest BCUT2D eigenvalue weighted by Gasteiger charge is -2.09.